The van der Waals surface area contributed by atoms with Crippen LogP contribution in [0.4, 0.5) is 5.69 Å². The average molecular weight is 367 g/mol. The van der Waals surface area contributed by atoms with Crippen LogP contribution in [0.2, 0.25) is 0 Å². The van der Waals surface area contributed by atoms with Crippen LogP contribution in [-0.4, -0.2) is 36.1 Å². The maximum Gasteiger partial charge on any atom is 0.255 e. The van der Waals surface area contributed by atoms with E-state index in [0.717, 1.165) is 25.3 Å². The summed E-state index contributed by atoms with van der Waals surface area (Å²) in [5, 5.41) is 3.00. The zero-order valence-corrected chi connectivity index (χ0v) is 16.7. The molecule has 1 fully saturated rings. The van der Waals surface area contributed by atoms with Crippen molar-refractivity contribution in [2.24, 2.45) is 0 Å². The van der Waals surface area contributed by atoms with E-state index in [4.69, 9.17) is 4.74 Å². The summed E-state index contributed by atoms with van der Waals surface area (Å²) in [7, 11) is 0. The second-order valence-electron chi connectivity index (χ2n) is 7.88. The van der Waals surface area contributed by atoms with E-state index in [1.807, 2.05) is 42.5 Å². The van der Waals surface area contributed by atoms with Gasteiger partial charge in [0.05, 0.1) is 12.2 Å². The fourth-order valence-corrected chi connectivity index (χ4v) is 3.61. The summed E-state index contributed by atoms with van der Waals surface area (Å²) in [6.07, 6.45) is 0.529. The van der Waals surface area contributed by atoms with Gasteiger partial charge in [-0.2, -0.15) is 0 Å². The predicted octanol–water partition coefficient (Wildman–Crippen LogP) is 4.67. The van der Waals surface area contributed by atoms with Gasteiger partial charge < -0.3 is 10.1 Å². The van der Waals surface area contributed by atoms with Crippen LogP contribution in [0.3, 0.4) is 0 Å². The molecule has 2 atom stereocenters. The monoisotopic (exact) mass is 366 g/mol. The van der Waals surface area contributed by atoms with Crippen molar-refractivity contribution in [2.75, 3.05) is 18.4 Å². The van der Waals surface area contributed by atoms with Crippen molar-refractivity contribution in [3.63, 3.8) is 0 Å². The Morgan fingerprint density at radius 1 is 1.11 bits per heavy atom. The first-order valence-corrected chi connectivity index (χ1v) is 9.79. The number of carbonyl (C=O) groups is 1. The Balaban J connectivity index is 1.61. The Labute approximate surface area is 162 Å². The van der Waals surface area contributed by atoms with Gasteiger partial charge in [0, 0.05) is 30.9 Å². The van der Waals surface area contributed by atoms with Gasteiger partial charge in [0.2, 0.25) is 0 Å². The number of morpholine rings is 1. The van der Waals surface area contributed by atoms with Crippen LogP contribution in [0.5, 0.6) is 0 Å². The number of nitrogens with zero attached hydrogens (tertiary/aromatic N) is 1. The van der Waals surface area contributed by atoms with Crippen molar-refractivity contribution in [1.82, 2.24) is 4.90 Å². The molecule has 1 amide bonds. The van der Waals surface area contributed by atoms with Gasteiger partial charge in [-0.05, 0) is 55.2 Å². The van der Waals surface area contributed by atoms with E-state index in [9.17, 15) is 4.79 Å². The second kappa shape index (κ2) is 8.68. The van der Waals surface area contributed by atoms with Crippen LogP contribution in [0.25, 0.3) is 0 Å². The number of rotatable bonds is 5. The Morgan fingerprint density at radius 2 is 1.78 bits per heavy atom. The molecular formula is C23H30N2O2. The number of amides is 1. The Bertz CT molecular complexity index is 760. The first kappa shape index (κ1) is 19.6. The van der Waals surface area contributed by atoms with Crippen LogP contribution in [-0.2, 0) is 11.3 Å². The van der Waals surface area contributed by atoms with Gasteiger partial charge in [-0.25, -0.2) is 0 Å². The van der Waals surface area contributed by atoms with Crippen LogP contribution in [0.15, 0.2) is 48.5 Å². The van der Waals surface area contributed by atoms with Crippen LogP contribution < -0.4 is 5.32 Å². The molecule has 0 saturated carbocycles. The minimum Gasteiger partial charge on any atom is -0.373 e. The van der Waals surface area contributed by atoms with E-state index in [1.54, 1.807) is 0 Å². The number of carbonyl (C=O) groups excluding carboxylic acids is 1. The molecule has 1 saturated heterocycles. The fourth-order valence-electron chi connectivity index (χ4n) is 3.61. The smallest absolute Gasteiger partial charge is 0.255 e. The molecule has 0 bridgehead atoms. The van der Waals surface area contributed by atoms with Crippen molar-refractivity contribution in [3.05, 3.63) is 65.2 Å². The van der Waals surface area contributed by atoms with Gasteiger partial charge in [0.15, 0.2) is 0 Å². The van der Waals surface area contributed by atoms with Gasteiger partial charge in [-0.1, -0.05) is 38.1 Å². The summed E-state index contributed by atoms with van der Waals surface area (Å²) in [5.41, 5.74) is 3.95. The lowest BCUT2D eigenvalue weighted by atomic mass is 10.0. The van der Waals surface area contributed by atoms with Crippen LogP contribution in [0.1, 0.15) is 55.1 Å². The molecular weight excluding hydrogens is 336 g/mol. The lowest BCUT2D eigenvalue weighted by Crippen LogP contribution is -2.44. The first-order valence-electron chi connectivity index (χ1n) is 9.79. The molecule has 0 radical (unpaired) electrons. The lowest BCUT2D eigenvalue weighted by Gasteiger charge is -2.35. The third kappa shape index (κ3) is 5.41. The molecule has 1 aliphatic rings. The van der Waals surface area contributed by atoms with Crippen molar-refractivity contribution in [2.45, 2.75) is 52.4 Å². The van der Waals surface area contributed by atoms with Crippen molar-refractivity contribution in [1.29, 1.82) is 0 Å². The molecule has 144 valence electrons. The maximum atomic E-state index is 12.5. The minimum absolute atomic E-state index is 0.0731. The normalized spacial score (nSPS) is 20.6. The number of benzene rings is 2. The van der Waals surface area contributed by atoms with Gasteiger partial charge in [-0.3, -0.25) is 9.69 Å². The molecule has 1 N–H and O–H groups in total. The highest BCUT2D eigenvalue weighted by atomic mass is 16.5. The molecule has 2 aromatic rings. The van der Waals surface area contributed by atoms with Crippen LogP contribution >= 0.6 is 0 Å². The van der Waals surface area contributed by atoms with E-state index in [-0.39, 0.29) is 18.1 Å². The number of ether oxygens (including phenoxy) is 1. The van der Waals surface area contributed by atoms with Crippen molar-refractivity contribution >= 4 is 11.6 Å². The fraction of sp³-hybridized carbons (Fsp3) is 0.435. The molecule has 4 nitrogen and oxygen atoms in total. The molecule has 1 heterocycles. The number of nitrogens with one attached hydrogen (secondary N) is 1. The SMILES string of the molecule is CC1CN(Cc2ccc(C(=O)Nc3cccc(C(C)C)c3)cc2)CC(C)O1. The van der Waals surface area contributed by atoms with E-state index >= 15 is 0 Å². The molecule has 0 aromatic heterocycles. The molecule has 2 unspecified atom stereocenters. The molecule has 0 aliphatic carbocycles. The molecule has 3 rings (SSSR count). The summed E-state index contributed by atoms with van der Waals surface area (Å²) in [4.78, 5) is 15.0. The van der Waals surface area contributed by atoms with Gasteiger partial charge in [0.1, 0.15) is 0 Å². The van der Waals surface area contributed by atoms with E-state index in [2.05, 4.69) is 44.0 Å². The molecule has 1 aliphatic heterocycles. The molecule has 2 aromatic carbocycles. The zero-order valence-electron chi connectivity index (χ0n) is 16.7. The van der Waals surface area contributed by atoms with Crippen molar-refractivity contribution in [3.8, 4) is 0 Å². The quantitative estimate of drug-likeness (QED) is 0.836. The number of hydrogen-bond acceptors (Lipinski definition) is 3. The van der Waals surface area contributed by atoms with E-state index in [1.165, 1.54) is 11.1 Å². The molecule has 4 heteroatoms. The topological polar surface area (TPSA) is 41.6 Å². The Morgan fingerprint density at radius 3 is 2.41 bits per heavy atom. The van der Waals surface area contributed by atoms with Gasteiger partial charge in [0.25, 0.3) is 5.91 Å². The van der Waals surface area contributed by atoms with Crippen molar-refractivity contribution < 1.29 is 9.53 Å². The van der Waals surface area contributed by atoms with Gasteiger partial charge in [-0.15, -0.1) is 0 Å². The van der Waals surface area contributed by atoms with E-state index in [0.29, 0.717) is 11.5 Å². The summed E-state index contributed by atoms with van der Waals surface area (Å²) >= 11 is 0. The molecule has 27 heavy (non-hydrogen) atoms. The third-order valence-corrected chi connectivity index (χ3v) is 4.93. The summed E-state index contributed by atoms with van der Waals surface area (Å²) in [5.74, 6) is 0.364. The first-order chi connectivity index (χ1) is 12.9. The van der Waals surface area contributed by atoms with Gasteiger partial charge >= 0.3 is 0 Å². The highest BCUT2D eigenvalue weighted by Crippen LogP contribution is 2.19. The van der Waals surface area contributed by atoms with E-state index < -0.39 is 0 Å². The summed E-state index contributed by atoms with van der Waals surface area (Å²) < 4.78 is 5.79. The third-order valence-electron chi connectivity index (χ3n) is 4.93. The van der Waals surface area contributed by atoms with Crippen LogP contribution in [0, 0.1) is 0 Å². The Kier molecular flexibility index (Phi) is 6.30. The second-order valence-corrected chi connectivity index (χ2v) is 7.88. The zero-order chi connectivity index (χ0) is 19.4. The summed E-state index contributed by atoms with van der Waals surface area (Å²) in [6.45, 7) is 11.3. The Hall–Kier alpha value is -2.17. The highest BCUT2D eigenvalue weighted by molar-refractivity contribution is 6.04. The predicted molar refractivity (Wildman–Crippen MR) is 110 cm³/mol. The number of hydrogen-bond donors (Lipinski definition) is 1. The average Bonchev–Trinajstić information content (AvgIpc) is 2.61. The lowest BCUT2D eigenvalue weighted by molar-refractivity contribution is -0.0704. The summed E-state index contributed by atoms with van der Waals surface area (Å²) in [6, 6.07) is 15.9. The largest absolute Gasteiger partial charge is 0.373 e. The standard InChI is InChI=1S/C23H30N2O2/c1-16(2)21-6-5-7-22(12-21)24-23(26)20-10-8-19(9-11-20)15-25-13-17(3)27-18(4)14-25/h5-12,16-18H,13-15H2,1-4H3,(H,24,26). The molecule has 0 spiro atoms. The maximum absolute atomic E-state index is 12.5. The highest BCUT2D eigenvalue weighted by Gasteiger charge is 2.22. The number of anilines is 1. The minimum atomic E-state index is -0.0731.